The van der Waals surface area contributed by atoms with Crippen LogP contribution in [0.15, 0.2) is 28.0 Å². The molecule has 1 radical (unpaired) electrons. The van der Waals surface area contributed by atoms with Crippen molar-refractivity contribution in [2.24, 2.45) is 5.11 Å². The smallest absolute Gasteiger partial charge is 0.230 e. The first-order chi connectivity index (χ1) is 4.33. The molecule has 0 N–H and O–H groups in total. The Morgan fingerprint density at radius 1 is 1.78 bits per heavy atom. The molecule has 3 nitrogen and oxygen atoms in total. The van der Waals surface area contributed by atoms with E-state index < -0.39 is 6.23 Å². The minimum Gasteiger partial charge on any atom is -0.457 e. The van der Waals surface area contributed by atoms with E-state index in [-0.39, 0.29) is 0 Å². The van der Waals surface area contributed by atoms with Crippen molar-refractivity contribution >= 4 is 15.9 Å². The Balaban J connectivity index is 2.61. The molecular formula is C5H4BrN2O. The molecule has 1 heterocycles. The number of ether oxygens (including phenoxy) is 1. The zero-order valence-corrected chi connectivity index (χ0v) is 6.08. The minimum absolute atomic E-state index is 0.552. The number of hydrogen-bond donors (Lipinski definition) is 0. The van der Waals surface area contributed by atoms with Crippen LogP contribution in [-0.2, 0) is 4.74 Å². The summed E-state index contributed by atoms with van der Waals surface area (Å²) < 4.78 is 5.49. The molecule has 1 unspecified atom stereocenters. The lowest BCUT2D eigenvalue weighted by Gasteiger charge is -2.10. The molecule has 0 saturated carbocycles. The van der Waals surface area contributed by atoms with Crippen LogP contribution in [0.4, 0.5) is 0 Å². The van der Waals surface area contributed by atoms with E-state index in [4.69, 9.17) is 10.3 Å². The molecule has 4 heteroatoms. The highest BCUT2D eigenvalue weighted by molar-refractivity contribution is 9.11. The Bertz CT molecular complexity index is 176. The summed E-state index contributed by atoms with van der Waals surface area (Å²) in [6.07, 6.45) is 4.55. The summed E-state index contributed by atoms with van der Waals surface area (Å²) in [7, 11) is 0. The predicted molar refractivity (Wildman–Crippen MR) is 35.6 cm³/mol. The van der Waals surface area contributed by atoms with E-state index in [1.54, 1.807) is 18.2 Å². The van der Waals surface area contributed by atoms with Crippen LogP contribution in [0.25, 0.3) is 0 Å². The highest BCUT2D eigenvalue weighted by atomic mass is 79.9. The maximum atomic E-state index is 8.21. The molecule has 1 atom stereocenters. The molecule has 0 aromatic heterocycles. The van der Waals surface area contributed by atoms with E-state index >= 15 is 0 Å². The van der Waals surface area contributed by atoms with Crippen molar-refractivity contribution in [3.05, 3.63) is 22.9 Å². The number of hydrogen-bond acceptors (Lipinski definition) is 2. The third-order valence-electron chi connectivity index (χ3n) is 0.850. The van der Waals surface area contributed by atoms with E-state index in [9.17, 15) is 0 Å². The molecule has 1 aliphatic rings. The molecule has 0 amide bonds. The molecular weight excluding hydrogens is 184 g/mol. The average Bonchev–Trinajstić information content (AvgIpc) is 1.88. The fraction of sp³-hybridized carbons (Fsp3) is 0.200. The van der Waals surface area contributed by atoms with Gasteiger partial charge in [-0.1, -0.05) is 6.08 Å². The predicted octanol–water partition coefficient (Wildman–Crippen LogP) is 1.39. The Labute approximate surface area is 61.0 Å². The van der Waals surface area contributed by atoms with E-state index in [1.807, 2.05) is 0 Å². The van der Waals surface area contributed by atoms with Gasteiger partial charge in [0.05, 0.1) is 0 Å². The molecule has 0 fully saturated rings. The summed E-state index contributed by atoms with van der Waals surface area (Å²) >= 11 is 3.09. The van der Waals surface area contributed by atoms with Crippen LogP contribution in [0.5, 0.6) is 0 Å². The SMILES string of the molecule is [N]=NC1C=CC=C(Br)O1. The minimum atomic E-state index is -0.552. The second-order valence-electron chi connectivity index (χ2n) is 1.48. The average molecular weight is 188 g/mol. The highest BCUT2D eigenvalue weighted by Gasteiger charge is 2.06. The highest BCUT2D eigenvalue weighted by Crippen LogP contribution is 2.15. The van der Waals surface area contributed by atoms with Gasteiger partial charge in [0, 0.05) is 0 Å². The largest absolute Gasteiger partial charge is 0.457 e. The molecule has 0 bridgehead atoms. The van der Waals surface area contributed by atoms with Crippen molar-refractivity contribution in [2.75, 3.05) is 0 Å². The molecule has 0 aromatic carbocycles. The summed E-state index contributed by atoms with van der Waals surface area (Å²) in [6.45, 7) is 0. The fourth-order valence-electron chi connectivity index (χ4n) is 0.482. The lowest BCUT2D eigenvalue weighted by Crippen LogP contribution is -2.05. The molecule has 1 aliphatic heterocycles. The zero-order valence-electron chi connectivity index (χ0n) is 4.49. The van der Waals surface area contributed by atoms with E-state index in [2.05, 4.69) is 21.0 Å². The summed E-state index contributed by atoms with van der Waals surface area (Å²) in [4.78, 5) is 0. The van der Waals surface area contributed by atoms with Gasteiger partial charge in [-0.3, -0.25) is 0 Å². The normalized spacial score (nSPS) is 24.6. The summed E-state index contributed by atoms with van der Waals surface area (Å²) in [5.74, 6) is 0. The van der Waals surface area contributed by atoms with Crippen LogP contribution in [0.2, 0.25) is 0 Å². The van der Waals surface area contributed by atoms with Gasteiger partial charge in [-0.25, -0.2) is 0 Å². The third-order valence-corrected chi connectivity index (χ3v) is 1.30. The summed E-state index contributed by atoms with van der Waals surface area (Å²) in [5, 5.41) is 2.92. The quantitative estimate of drug-likeness (QED) is 0.573. The van der Waals surface area contributed by atoms with Crippen LogP contribution >= 0.6 is 15.9 Å². The van der Waals surface area contributed by atoms with Crippen LogP contribution in [0.3, 0.4) is 0 Å². The van der Waals surface area contributed by atoms with Crippen molar-refractivity contribution < 1.29 is 4.74 Å². The van der Waals surface area contributed by atoms with Gasteiger partial charge in [0.15, 0.2) is 4.67 Å². The Kier molecular flexibility index (Phi) is 2.00. The first-order valence-corrected chi connectivity index (χ1v) is 3.17. The standard InChI is InChI=1S/C5H4BrN2O/c6-4-2-1-3-5(8-7)9-4/h1-3,5H. The maximum Gasteiger partial charge on any atom is 0.230 e. The fourth-order valence-corrected chi connectivity index (χ4v) is 0.826. The second kappa shape index (κ2) is 2.77. The van der Waals surface area contributed by atoms with Crippen molar-refractivity contribution in [2.45, 2.75) is 6.23 Å². The van der Waals surface area contributed by atoms with Crippen LogP contribution in [0, 0.1) is 0 Å². The molecule has 0 aromatic rings. The molecule has 0 spiro atoms. The van der Waals surface area contributed by atoms with Crippen molar-refractivity contribution in [3.63, 3.8) is 0 Å². The van der Waals surface area contributed by atoms with Crippen molar-refractivity contribution in [3.8, 4) is 0 Å². The van der Waals surface area contributed by atoms with Gasteiger partial charge in [0.1, 0.15) is 0 Å². The van der Waals surface area contributed by atoms with Crippen molar-refractivity contribution in [1.82, 2.24) is 5.53 Å². The molecule has 1 rings (SSSR count). The van der Waals surface area contributed by atoms with Crippen molar-refractivity contribution in [1.29, 1.82) is 0 Å². The van der Waals surface area contributed by atoms with Gasteiger partial charge in [-0.15, -0.1) is 5.11 Å². The van der Waals surface area contributed by atoms with Gasteiger partial charge in [-0.2, -0.15) is 0 Å². The lowest BCUT2D eigenvalue weighted by atomic mass is 10.4. The van der Waals surface area contributed by atoms with Gasteiger partial charge < -0.3 is 4.74 Å². The Morgan fingerprint density at radius 3 is 3.00 bits per heavy atom. The molecule has 0 saturated heterocycles. The van der Waals surface area contributed by atoms with Gasteiger partial charge >= 0.3 is 0 Å². The van der Waals surface area contributed by atoms with Crippen LogP contribution in [-0.4, -0.2) is 6.23 Å². The van der Waals surface area contributed by atoms with Gasteiger partial charge in [0.25, 0.3) is 0 Å². The second-order valence-corrected chi connectivity index (χ2v) is 2.26. The zero-order chi connectivity index (χ0) is 6.69. The Morgan fingerprint density at radius 2 is 2.56 bits per heavy atom. The topological polar surface area (TPSA) is 43.9 Å². The third kappa shape index (κ3) is 1.64. The first kappa shape index (κ1) is 6.48. The number of rotatable bonds is 1. The molecule has 47 valence electrons. The molecule has 9 heavy (non-hydrogen) atoms. The number of halogens is 1. The van der Waals surface area contributed by atoms with Gasteiger partial charge in [0.2, 0.25) is 6.23 Å². The van der Waals surface area contributed by atoms with Crippen LogP contribution in [0.1, 0.15) is 0 Å². The summed E-state index contributed by atoms with van der Waals surface area (Å²) in [6, 6.07) is 0. The van der Waals surface area contributed by atoms with E-state index in [1.165, 1.54) is 0 Å². The Hall–Kier alpha value is -0.640. The van der Waals surface area contributed by atoms with Gasteiger partial charge in [-0.05, 0) is 33.6 Å². The number of nitrogens with zero attached hydrogens (tertiary/aromatic N) is 2. The summed E-state index contributed by atoms with van der Waals surface area (Å²) in [5.41, 5.74) is 8.21. The van der Waals surface area contributed by atoms with E-state index in [0.29, 0.717) is 4.67 Å². The molecule has 0 aliphatic carbocycles. The first-order valence-electron chi connectivity index (χ1n) is 2.38. The van der Waals surface area contributed by atoms with E-state index in [0.717, 1.165) is 0 Å². The monoisotopic (exact) mass is 187 g/mol. The maximum absolute atomic E-state index is 8.21. The lowest BCUT2D eigenvalue weighted by molar-refractivity contribution is 0.177. The van der Waals surface area contributed by atoms with Crippen LogP contribution < -0.4 is 5.53 Å². The number of allylic oxidation sites excluding steroid dienone is 2.